The summed E-state index contributed by atoms with van der Waals surface area (Å²) in [5.74, 6) is -0.512. The maximum Gasteiger partial charge on any atom is 0.306 e. The molecule has 3 unspecified atom stereocenters. The second kappa shape index (κ2) is 38.3. The van der Waals surface area contributed by atoms with Gasteiger partial charge >= 0.3 is 5.97 Å². The zero-order chi connectivity index (χ0) is 36.8. The molecule has 0 saturated heterocycles. The van der Waals surface area contributed by atoms with E-state index >= 15 is 0 Å². The van der Waals surface area contributed by atoms with Crippen LogP contribution in [-0.4, -0.2) is 46.9 Å². The average molecular weight is 704 g/mol. The number of carbonyl (C=O) groups is 2. The van der Waals surface area contributed by atoms with Gasteiger partial charge in [0.25, 0.3) is 0 Å². The van der Waals surface area contributed by atoms with E-state index in [2.05, 4.69) is 50.4 Å². The van der Waals surface area contributed by atoms with Crippen LogP contribution in [0.25, 0.3) is 0 Å². The van der Waals surface area contributed by atoms with E-state index in [-0.39, 0.29) is 24.9 Å². The number of hydrogen-bond acceptors (Lipinski definition) is 5. The first-order chi connectivity index (χ1) is 24.5. The van der Waals surface area contributed by atoms with Crippen molar-refractivity contribution in [3.8, 4) is 0 Å². The summed E-state index contributed by atoms with van der Waals surface area (Å²) in [6, 6.07) is -0.706. The van der Waals surface area contributed by atoms with E-state index in [1.54, 1.807) is 0 Å². The molecule has 0 rings (SSSR count). The summed E-state index contributed by atoms with van der Waals surface area (Å²) in [5, 5.41) is 23.5. The molecule has 0 fully saturated rings. The average Bonchev–Trinajstić information content (AvgIpc) is 3.10. The predicted octanol–water partition coefficient (Wildman–Crippen LogP) is 11.8. The van der Waals surface area contributed by atoms with Crippen molar-refractivity contribution < 1.29 is 24.5 Å². The highest BCUT2D eigenvalue weighted by atomic mass is 16.5. The monoisotopic (exact) mass is 704 g/mol. The first-order valence-corrected chi connectivity index (χ1v) is 21.2. The summed E-state index contributed by atoms with van der Waals surface area (Å²) in [5.41, 5.74) is 0. The van der Waals surface area contributed by atoms with Gasteiger partial charge in [-0.2, -0.15) is 0 Å². The molecule has 6 heteroatoms. The van der Waals surface area contributed by atoms with Crippen molar-refractivity contribution >= 4 is 11.9 Å². The number of esters is 1. The van der Waals surface area contributed by atoms with Crippen LogP contribution in [0.4, 0.5) is 0 Å². The Hall–Kier alpha value is -1.92. The van der Waals surface area contributed by atoms with Gasteiger partial charge in [-0.1, -0.05) is 186 Å². The maximum atomic E-state index is 13.1. The van der Waals surface area contributed by atoms with Crippen LogP contribution < -0.4 is 5.32 Å². The SMILES string of the molecule is CC/C=C/C=C/C=C\CCCCCC(CC(=O)NC(CO)C(O)CCCCCCCCCCCCC)OC(=O)CCCCCCCCCCC. The molecule has 0 heterocycles. The Balaban J connectivity index is 4.63. The molecule has 1 amide bonds. The third-order valence-corrected chi connectivity index (χ3v) is 9.54. The lowest BCUT2D eigenvalue weighted by Gasteiger charge is -2.24. The van der Waals surface area contributed by atoms with Crippen LogP contribution in [0.2, 0.25) is 0 Å². The van der Waals surface area contributed by atoms with Crippen LogP contribution in [0, 0.1) is 0 Å². The van der Waals surface area contributed by atoms with Gasteiger partial charge in [0, 0.05) is 6.42 Å². The van der Waals surface area contributed by atoms with Crippen molar-refractivity contribution in [3.63, 3.8) is 0 Å². The summed E-state index contributed by atoms with van der Waals surface area (Å²) in [7, 11) is 0. The second-order valence-electron chi connectivity index (χ2n) is 14.4. The highest BCUT2D eigenvalue weighted by molar-refractivity contribution is 5.77. The topological polar surface area (TPSA) is 95.9 Å². The number of unbranched alkanes of at least 4 members (excludes halogenated alkanes) is 21. The molecule has 0 aliphatic carbocycles. The summed E-state index contributed by atoms with van der Waals surface area (Å²) < 4.78 is 5.85. The minimum absolute atomic E-state index is 0.0567. The minimum atomic E-state index is -0.791. The first kappa shape index (κ1) is 48.1. The molecule has 3 atom stereocenters. The van der Waals surface area contributed by atoms with Crippen molar-refractivity contribution in [2.45, 2.75) is 225 Å². The zero-order valence-corrected chi connectivity index (χ0v) is 33.0. The molecule has 50 heavy (non-hydrogen) atoms. The molecular formula is C44H81NO5. The fourth-order valence-corrected chi connectivity index (χ4v) is 6.31. The van der Waals surface area contributed by atoms with E-state index in [0.29, 0.717) is 19.3 Å². The first-order valence-electron chi connectivity index (χ1n) is 21.2. The van der Waals surface area contributed by atoms with E-state index in [1.165, 1.54) is 89.9 Å². The Bertz CT molecular complexity index is 838. The van der Waals surface area contributed by atoms with E-state index in [0.717, 1.165) is 70.6 Å². The predicted molar refractivity (Wildman–Crippen MR) is 213 cm³/mol. The third kappa shape index (κ3) is 33.2. The van der Waals surface area contributed by atoms with Gasteiger partial charge in [-0.05, 0) is 44.9 Å². The number of ether oxygens (including phenoxy) is 1. The lowest BCUT2D eigenvalue weighted by molar-refractivity contribution is -0.151. The summed E-state index contributed by atoms with van der Waals surface area (Å²) in [4.78, 5) is 25.8. The number of rotatable bonds is 37. The summed E-state index contributed by atoms with van der Waals surface area (Å²) in [6.07, 6.45) is 42.1. The van der Waals surface area contributed by atoms with Gasteiger partial charge < -0.3 is 20.3 Å². The minimum Gasteiger partial charge on any atom is -0.462 e. The molecule has 0 aromatic heterocycles. The van der Waals surface area contributed by atoms with Gasteiger partial charge in [0.1, 0.15) is 6.10 Å². The van der Waals surface area contributed by atoms with Gasteiger partial charge in [-0.25, -0.2) is 0 Å². The van der Waals surface area contributed by atoms with E-state index in [9.17, 15) is 19.8 Å². The smallest absolute Gasteiger partial charge is 0.306 e. The number of hydrogen-bond donors (Lipinski definition) is 3. The Labute approximate surface area is 309 Å². The van der Waals surface area contributed by atoms with Crippen LogP contribution in [0.5, 0.6) is 0 Å². The lowest BCUT2D eigenvalue weighted by atomic mass is 10.0. The van der Waals surface area contributed by atoms with E-state index in [1.807, 2.05) is 12.2 Å². The van der Waals surface area contributed by atoms with Gasteiger partial charge in [-0.3, -0.25) is 9.59 Å². The normalized spacial score (nSPS) is 13.8. The van der Waals surface area contributed by atoms with Crippen LogP contribution in [0.3, 0.4) is 0 Å². The Morgan fingerprint density at radius 3 is 1.62 bits per heavy atom. The molecule has 3 N–H and O–H groups in total. The number of aliphatic hydroxyl groups is 2. The van der Waals surface area contributed by atoms with Gasteiger partial charge in [-0.15, -0.1) is 0 Å². The van der Waals surface area contributed by atoms with Crippen molar-refractivity contribution in [1.82, 2.24) is 5.32 Å². The highest BCUT2D eigenvalue weighted by Gasteiger charge is 2.24. The van der Waals surface area contributed by atoms with Crippen LogP contribution >= 0.6 is 0 Å². The third-order valence-electron chi connectivity index (χ3n) is 9.54. The molecule has 0 aromatic carbocycles. The highest BCUT2D eigenvalue weighted by Crippen LogP contribution is 2.17. The van der Waals surface area contributed by atoms with Gasteiger partial charge in [0.2, 0.25) is 5.91 Å². The zero-order valence-electron chi connectivity index (χ0n) is 33.0. The number of aliphatic hydroxyl groups excluding tert-OH is 2. The molecule has 6 nitrogen and oxygen atoms in total. The fourth-order valence-electron chi connectivity index (χ4n) is 6.31. The fraction of sp³-hybridized carbons (Fsp3) is 0.818. The maximum absolute atomic E-state index is 13.1. The van der Waals surface area contributed by atoms with Gasteiger partial charge in [0.15, 0.2) is 0 Å². The van der Waals surface area contributed by atoms with Crippen LogP contribution in [0.15, 0.2) is 36.5 Å². The molecule has 0 bridgehead atoms. The molecule has 0 aromatic rings. The van der Waals surface area contributed by atoms with E-state index in [4.69, 9.17) is 4.74 Å². The van der Waals surface area contributed by atoms with Crippen molar-refractivity contribution in [3.05, 3.63) is 36.5 Å². The van der Waals surface area contributed by atoms with Crippen LogP contribution in [0.1, 0.15) is 207 Å². The number of allylic oxidation sites excluding steroid dienone is 6. The van der Waals surface area contributed by atoms with Crippen molar-refractivity contribution in [1.29, 1.82) is 0 Å². The molecule has 0 spiro atoms. The molecule has 292 valence electrons. The second-order valence-corrected chi connectivity index (χ2v) is 14.4. The van der Waals surface area contributed by atoms with Gasteiger partial charge in [0.05, 0.1) is 25.2 Å². The number of carbonyl (C=O) groups excluding carboxylic acids is 2. The lowest BCUT2D eigenvalue weighted by Crippen LogP contribution is -2.46. The molecular weight excluding hydrogens is 622 g/mol. The molecule has 0 aliphatic rings. The quantitative estimate of drug-likeness (QED) is 0.0340. The van der Waals surface area contributed by atoms with Crippen molar-refractivity contribution in [2.75, 3.05) is 6.61 Å². The molecule has 0 saturated carbocycles. The van der Waals surface area contributed by atoms with Crippen molar-refractivity contribution in [2.24, 2.45) is 0 Å². The molecule has 0 aliphatic heterocycles. The Kier molecular flexibility index (Phi) is 36.8. The van der Waals surface area contributed by atoms with Crippen LogP contribution in [-0.2, 0) is 14.3 Å². The number of amides is 1. The Morgan fingerprint density at radius 2 is 1.08 bits per heavy atom. The number of nitrogens with one attached hydrogen (secondary N) is 1. The standard InChI is InChI=1S/C44H81NO5/c1-4-7-10-13-16-19-21-24-26-29-32-35-40(50-44(49)37-34-31-28-23-18-15-12-9-6-3)38-43(48)45-41(39-46)42(47)36-33-30-27-25-22-20-17-14-11-8-5-2/h7,10,13,16,19,21,40-42,46-47H,4-6,8-9,11-12,14-15,17-18,20,22-39H2,1-3H3,(H,45,48)/b10-7+,16-13+,21-19-. The van der Waals surface area contributed by atoms with E-state index < -0.39 is 18.2 Å². The summed E-state index contributed by atoms with van der Waals surface area (Å²) in [6.45, 7) is 6.29. The largest absolute Gasteiger partial charge is 0.462 e. The molecule has 0 radical (unpaired) electrons. The summed E-state index contributed by atoms with van der Waals surface area (Å²) >= 11 is 0. The Morgan fingerprint density at radius 1 is 0.600 bits per heavy atom.